The monoisotopic (exact) mass is 376 g/mol. The minimum Gasteiger partial charge on any atom is -0.340 e. The van der Waals surface area contributed by atoms with E-state index in [1.807, 2.05) is 53.4 Å². The van der Waals surface area contributed by atoms with Crippen molar-refractivity contribution in [3.8, 4) is 11.5 Å². The Bertz CT molecular complexity index is 887. The molecule has 0 unspecified atom stereocenters. The molecule has 2 aromatic carbocycles. The van der Waals surface area contributed by atoms with E-state index in [1.54, 1.807) is 0 Å². The van der Waals surface area contributed by atoms with Gasteiger partial charge in [-0.15, -0.1) is 0 Å². The summed E-state index contributed by atoms with van der Waals surface area (Å²) in [4.78, 5) is 21.2. The van der Waals surface area contributed by atoms with E-state index >= 15 is 0 Å². The van der Waals surface area contributed by atoms with Gasteiger partial charge in [-0.1, -0.05) is 53.7 Å². The van der Waals surface area contributed by atoms with Gasteiger partial charge in [0.25, 0.3) is 5.89 Å². The number of amides is 1. The van der Waals surface area contributed by atoms with Crippen molar-refractivity contribution in [3.63, 3.8) is 0 Å². The molecule has 0 atom stereocenters. The van der Waals surface area contributed by atoms with Crippen molar-refractivity contribution in [1.29, 1.82) is 0 Å². The largest absolute Gasteiger partial charge is 0.340 e. The van der Waals surface area contributed by atoms with Gasteiger partial charge in [0.15, 0.2) is 5.82 Å². The standard InChI is InChI=1S/C22H24N4O2/c27-21(12-11-18-7-3-1-4-8-18)26-15-13-25(14-16-26)17-20-23-22(28-24-20)19-9-5-2-6-10-19/h1-10H,11-17H2. The number of rotatable bonds is 6. The highest BCUT2D eigenvalue weighted by Gasteiger charge is 2.22. The third kappa shape index (κ3) is 4.64. The number of carbonyl (C=O) groups excluding carboxylic acids is 1. The van der Waals surface area contributed by atoms with Gasteiger partial charge in [-0.25, -0.2) is 0 Å². The van der Waals surface area contributed by atoms with E-state index in [4.69, 9.17) is 4.52 Å². The van der Waals surface area contributed by atoms with Crippen LogP contribution < -0.4 is 0 Å². The van der Waals surface area contributed by atoms with Crippen molar-refractivity contribution in [2.24, 2.45) is 0 Å². The molecular weight excluding hydrogens is 352 g/mol. The number of piperazine rings is 1. The van der Waals surface area contributed by atoms with E-state index < -0.39 is 0 Å². The third-order valence-corrected chi connectivity index (χ3v) is 5.05. The molecule has 1 fully saturated rings. The molecule has 1 aliphatic rings. The average Bonchev–Trinajstić information content (AvgIpc) is 3.22. The second kappa shape index (κ2) is 8.80. The molecule has 2 heterocycles. The van der Waals surface area contributed by atoms with Crippen LogP contribution in [-0.4, -0.2) is 52.0 Å². The molecule has 3 aromatic rings. The quantitative estimate of drug-likeness (QED) is 0.662. The topological polar surface area (TPSA) is 62.5 Å². The molecule has 0 spiro atoms. The van der Waals surface area contributed by atoms with Crippen LogP contribution in [0.25, 0.3) is 11.5 Å². The Morgan fingerprint density at radius 2 is 1.61 bits per heavy atom. The Morgan fingerprint density at radius 3 is 2.32 bits per heavy atom. The fourth-order valence-electron chi connectivity index (χ4n) is 3.43. The lowest BCUT2D eigenvalue weighted by Gasteiger charge is -2.34. The van der Waals surface area contributed by atoms with Gasteiger partial charge in [-0.05, 0) is 24.1 Å². The Hall–Kier alpha value is -2.99. The highest BCUT2D eigenvalue weighted by atomic mass is 16.5. The predicted octanol–water partition coefficient (Wildman–Crippen LogP) is 3.01. The van der Waals surface area contributed by atoms with E-state index in [0.717, 1.165) is 38.2 Å². The lowest BCUT2D eigenvalue weighted by molar-refractivity contribution is -0.133. The van der Waals surface area contributed by atoms with Crippen molar-refractivity contribution in [2.75, 3.05) is 26.2 Å². The van der Waals surface area contributed by atoms with E-state index in [1.165, 1.54) is 5.56 Å². The van der Waals surface area contributed by atoms with Gasteiger partial charge in [-0.3, -0.25) is 9.69 Å². The summed E-state index contributed by atoms with van der Waals surface area (Å²) >= 11 is 0. The number of hydrogen-bond acceptors (Lipinski definition) is 5. The number of hydrogen-bond donors (Lipinski definition) is 0. The van der Waals surface area contributed by atoms with Crippen LogP contribution in [0.5, 0.6) is 0 Å². The summed E-state index contributed by atoms with van der Waals surface area (Å²) in [5.41, 5.74) is 2.14. The Morgan fingerprint density at radius 1 is 0.929 bits per heavy atom. The van der Waals surface area contributed by atoms with Crippen LogP contribution in [-0.2, 0) is 17.8 Å². The Balaban J connectivity index is 1.24. The minimum absolute atomic E-state index is 0.231. The molecule has 0 saturated carbocycles. The lowest BCUT2D eigenvalue weighted by atomic mass is 10.1. The van der Waals surface area contributed by atoms with Crippen molar-refractivity contribution < 1.29 is 9.32 Å². The second-order valence-corrected chi connectivity index (χ2v) is 7.02. The third-order valence-electron chi connectivity index (χ3n) is 5.05. The highest BCUT2D eigenvalue weighted by Crippen LogP contribution is 2.17. The molecule has 0 bridgehead atoms. The van der Waals surface area contributed by atoms with E-state index in [0.29, 0.717) is 24.7 Å². The van der Waals surface area contributed by atoms with Crippen molar-refractivity contribution in [1.82, 2.24) is 19.9 Å². The summed E-state index contributed by atoms with van der Waals surface area (Å²) in [6, 6.07) is 19.9. The second-order valence-electron chi connectivity index (χ2n) is 7.02. The number of aryl methyl sites for hydroxylation is 1. The zero-order chi connectivity index (χ0) is 19.2. The van der Waals surface area contributed by atoms with Gasteiger partial charge in [0, 0.05) is 38.2 Å². The smallest absolute Gasteiger partial charge is 0.257 e. The molecule has 0 aliphatic carbocycles. The maximum absolute atomic E-state index is 12.5. The fourth-order valence-corrected chi connectivity index (χ4v) is 3.43. The lowest BCUT2D eigenvalue weighted by Crippen LogP contribution is -2.48. The van der Waals surface area contributed by atoms with Crippen LogP contribution in [0.3, 0.4) is 0 Å². The summed E-state index contributed by atoms with van der Waals surface area (Å²) in [5, 5.41) is 4.10. The molecule has 144 valence electrons. The van der Waals surface area contributed by atoms with Gasteiger partial charge in [-0.2, -0.15) is 4.98 Å². The van der Waals surface area contributed by atoms with Crippen molar-refractivity contribution in [2.45, 2.75) is 19.4 Å². The van der Waals surface area contributed by atoms with E-state index in [-0.39, 0.29) is 5.91 Å². The maximum atomic E-state index is 12.5. The van der Waals surface area contributed by atoms with Gasteiger partial charge < -0.3 is 9.42 Å². The van der Waals surface area contributed by atoms with Gasteiger partial charge in [0.05, 0.1) is 6.54 Å². The first-order valence-electron chi connectivity index (χ1n) is 9.70. The molecule has 1 amide bonds. The van der Waals surface area contributed by atoms with Crippen LogP contribution in [0.1, 0.15) is 17.8 Å². The van der Waals surface area contributed by atoms with Crippen LogP contribution in [0.15, 0.2) is 65.2 Å². The molecule has 28 heavy (non-hydrogen) atoms. The maximum Gasteiger partial charge on any atom is 0.257 e. The molecule has 1 aromatic heterocycles. The van der Waals surface area contributed by atoms with Crippen molar-refractivity contribution >= 4 is 5.91 Å². The molecule has 6 nitrogen and oxygen atoms in total. The first-order chi connectivity index (χ1) is 13.8. The Kier molecular flexibility index (Phi) is 5.77. The minimum atomic E-state index is 0.231. The molecule has 6 heteroatoms. The summed E-state index contributed by atoms with van der Waals surface area (Å²) in [6.07, 6.45) is 1.36. The highest BCUT2D eigenvalue weighted by molar-refractivity contribution is 5.76. The number of aromatic nitrogens is 2. The molecule has 0 radical (unpaired) electrons. The van der Waals surface area contributed by atoms with Crippen LogP contribution in [0.4, 0.5) is 0 Å². The predicted molar refractivity (Wildman–Crippen MR) is 106 cm³/mol. The SMILES string of the molecule is O=C(CCc1ccccc1)N1CCN(Cc2noc(-c3ccccc3)n2)CC1. The molecule has 0 N–H and O–H groups in total. The summed E-state index contributed by atoms with van der Waals surface area (Å²) in [5.74, 6) is 1.46. The first-order valence-corrected chi connectivity index (χ1v) is 9.70. The average molecular weight is 376 g/mol. The van der Waals surface area contributed by atoms with Gasteiger partial charge in [0.2, 0.25) is 5.91 Å². The summed E-state index contributed by atoms with van der Waals surface area (Å²) < 4.78 is 5.37. The van der Waals surface area contributed by atoms with Gasteiger partial charge >= 0.3 is 0 Å². The molecule has 4 rings (SSSR count). The van der Waals surface area contributed by atoms with Crippen LogP contribution >= 0.6 is 0 Å². The first kappa shape index (κ1) is 18.4. The Labute approximate surface area is 164 Å². The normalized spacial score (nSPS) is 14.9. The molecular formula is C22H24N4O2. The number of carbonyl (C=O) groups is 1. The summed E-state index contributed by atoms with van der Waals surface area (Å²) in [6.45, 7) is 3.79. The van der Waals surface area contributed by atoms with Crippen molar-refractivity contribution in [3.05, 3.63) is 72.1 Å². The molecule has 1 aliphatic heterocycles. The van der Waals surface area contributed by atoms with E-state index in [2.05, 4.69) is 27.2 Å². The van der Waals surface area contributed by atoms with E-state index in [9.17, 15) is 4.79 Å². The summed E-state index contributed by atoms with van der Waals surface area (Å²) in [7, 11) is 0. The number of benzene rings is 2. The van der Waals surface area contributed by atoms with Crippen LogP contribution in [0.2, 0.25) is 0 Å². The molecule has 1 saturated heterocycles. The van der Waals surface area contributed by atoms with Crippen LogP contribution in [0, 0.1) is 0 Å². The fraction of sp³-hybridized carbons (Fsp3) is 0.318. The number of nitrogens with zero attached hydrogens (tertiary/aromatic N) is 4. The zero-order valence-corrected chi connectivity index (χ0v) is 15.8. The zero-order valence-electron chi connectivity index (χ0n) is 15.8. The van der Waals surface area contributed by atoms with Gasteiger partial charge in [0.1, 0.15) is 0 Å².